The van der Waals surface area contributed by atoms with Crippen LogP contribution >= 0.6 is 0 Å². The summed E-state index contributed by atoms with van der Waals surface area (Å²) in [7, 11) is 0. The van der Waals surface area contributed by atoms with E-state index in [0.29, 0.717) is 26.3 Å². The van der Waals surface area contributed by atoms with Gasteiger partial charge in [-0.2, -0.15) is 4.98 Å². The van der Waals surface area contributed by atoms with Gasteiger partial charge >= 0.3 is 0 Å². The SMILES string of the molecule is Nc1nc2c(ncn2[C@]2(N3CCOCC3)O[C@H](CO)[C@@H](O)[C@H]2O)c(=O)[nH]1. The number of aromatic amines is 1. The molecule has 0 radical (unpaired) electrons. The van der Waals surface area contributed by atoms with E-state index >= 15 is 0 Å². The average molecular weight is 368 g/mol. The van der Waals surface area contributed by atoms with E-state index in [9.17, 15) is 20.1 Å². The lowest BCUT2D eigenvalue weighted by molar-refractivity contribution is -0.254. The molecule has 2 aliphatic heterocycles. The second-order valence-corrected chi connectivity index (χ2v) is 6.27. The maximum absolute atomic E-state index is 12.1. The molecule has 2 aliphatic rings. The fourth-order valence-electron chi connectivity index (χ4n) is 3.59. The predicted molar refractivity (Wildman–Crippen MR) is 86.9 cm³/mol. The van der Waals surface area contributed by atoms with Gasteiger partial charge in [0.15, 0.2) is 11.2 Å². The molecular weight excluding hydrogens is 348 g/mol. The summed E-state index contributed by atoms with van der Waals surface area (Å²) in [5, 5.41) is 30.8. The van der Waals surface area contributed by atoms with Gasteiger partial charge in [-0.3, -0.25) is 19.2 Å². The zero-order valence-corrected chi connectivity index (χ0v) is 13.8. The van der Waals surface area contributed by atoms with Crippen molar-refractivity contribution >= 4 is 17.1 Å². The number of imidazole rings is 1. The van der Waals surface area contributed by atoms with Gasteiger partial charge in [-0.1, -0.05) is 0 Å². The van der Waals surface area contributed by atoms with Crippen LogP contribution < -0.4 is 11.3 Å². The van der Waals surface area contributed by atoms with Gasteiger partial charge < -0.3 is 30.5 Å². The minimum absolute atomic E-state index is 0.0181. The number of rotatable bonds is 3. The molecule has 4 rings (SSSR count). The molecule has 0 unspecified atom stereocenters. The highest BCUT2D eigenvalue weighted by Crippen LogP contribution is 2.40. The van der Waals surface area contributed by atoms with Crippen LogP contribution in [0.1, 0.15) is 0 Å². The van der Waals surface area contributed by atoms with Crippen LogP contribution in [0.15, 0.2) is 11.1 Å². The van der Waals surface area contributed by atoms with Crippen molar-refractivity contribution in [2.75, 3.05) is 38.6 Å². The Balaban J connectivity index is 1.93. The van der Waals surface area contributed by atoms with Gasteiger partial charge in [0, 0.05) is 13.1 Å². The minimum atomic E-state index is -1.61. The van der Waals surface area contributed by atoms with Crippen LogP contribution in [0.5, 0.6) is 0 Å². The van der Waals surface area contributed by atoms with Crippen LogP contribution in [-0.4, -0.2) is 91.0 Å². The molecule has 0 saturated carbocycles. The Morgan fingerprint density at radius 3 is 2.77 bits per heavy atom. The third-order valence-electron chi connectivity index (χ3n) is 4.83. The van der Waals surface area contributed by atoms with Crippen molar-refractivity contribution in [2.45, 2.75) is 24.2 Å². The van der Waals surface area contributed by atoms with E-state index in [2.05, 4.69) is 15.0 Å². The van der Waals surface area contributed by atoms with Crippen molar-refractivity contribution in [1.29, 1.82) is 0 Å². The van der Waals surface area contributed by atoms with Crippen LogP contribution in [0.4, 0.5) is 5.95 Å². The van der Waals surface area contributed by atoms with Crippen molar-refractivity contribution in [2.24, 2.45) is 0 Å². The number of H-pyrrole nitrogens is 1. The quantitative estimate of drug-likeness (QED) is 0.370. The van der Waals surface area contributed by atoms with Gasteiger partial charge in [0.1, 0.15) is 24.6 Å². The van der Waals surface area contributed by atoms with Crippen molar-refractivity contribution in [3.05, 3.63) is 16.7 Å². The van der Waals surface area contributed by atoms with Gasteiger partial charge in [0.05, 0.1) is 19.8 Å². The topological polar surface area (TPSA) is 172 Å². The number of hydrogen-bond acceptors (Lipinski definition) is 10. The second-order valence-electron chi connectivity index (χ2n) is 6.27. The molecule has 26 heavy (non-hydrogen) atoms. The second kappa shape index (κ2) is 6.26. The van der Waals surface area contributed by atoms with Crippen molar-refractivity contribution in [3.8, 4) is 0 Å². The van der Waals surface area contributed by atoms with E-state index in [0.717, 1.165) is 0 Å². The molecule has 2 fully saturated rings. The zero-order valence-electron chi connectivity index (χ0n) is 13.8. The maximum Gasteiger partial charge on any atom is 0.280 e. The van der Waals surface area contributed by atoms with Crippen LogP contribution in [0, 0.1) is 0 Å². The van der Waals surface area contributed by atoms with E-state index < -0.39 is 36.3 Å². The largest absolute Gasteiger partial charge is 0.394 e. The van der Waals surface area contributed by atoms with Gasteiger partial charge in [-0.25, -0.2) is 4.98 Å². The number of nitrogens with one attached hydrogen (secondary N) is 1. The third kappa shape index (κ3) is 2.35. The number of nitrogens with zero attached hydrogens (tertiary/aromatic N) is 4. The van der Waals surface area contributed by atoms with E-state index in [1.165, 1.54) is 10.9 Å². The lowest BCUT2D eigenvalue weighted by atomic mass is 10.1. The average Bonchev–Trinajstić information content (AvgIpc) is 3.17. The predicted octanol–water partition coefficient (Wildman–Crippen LogP) is -3.24. The third-order valence-corrected chi connectivity index (χ3v) is 4.83. The summed E-state index contributed by atoms with van der Waals surface area (Å²) in [5.41, 5.74) is 5.24. The van der Waals surface area contributed by atoms with Crippen LogP contribution in [-0.2, 0) is 15.3 Å². The zero-order chi connectivity index (χ0) is 18.5. The first kappa shape index (κ1) is 17.3. The molecule has 6 N–H and O–H groups in total. The van der Waals surface area contributed by atoms with Gasteiger partial charge in [-0.05, 0) is 0 Å². The number of aromatic nitrogens is 4. The standard InChI is InChI=1S/C14H20N6O6/c15-13-17-11-8(12(24)18-13)16-6-20(11)14(19-1-3-25-4-2-19)10(23)9(22)7(5-21)26-14/h6-7,9-10,21-23H,1-5H2,(H3,15,17,18,24)/t7-,9-,10-,14+/m1/s1. The monoisotopic (exact) mass is 368 g/mol. The maximum atomic E-state index is 12.1. The molecule has 12 nitrogen and oxygen atoms in total. The van der Waals surface area contributed by atoms with Gasteiger partial charge in [-0.15, -0.1) is 0 Å². The molecule has 2 saturated heterocycles. The number of fused-ring (bicyclic) bond motifs is 1. The Morgan fingerprint density at radius 2 is 2.12 bits per heavy atom. The number of anilines is 1. The Kier molecular flexibility index (Phi) is 4.17. The molecule has 142 valence electrons. The number of nitrogens with two attached hydrogens (primary N) is 1. The normalized spacial score (nSPS) is 33.1. The Hall–Kier alpha value is -2.09. The number of aliphatic hydroxyl groups is 3. The molecule has 4 heterocycles. The molecule has 4 atom stereocenters. The van der Waals surface area contributed by atoms with Crippen LogP contribution in [0.3, 0.4) is 0 Å². The van der Waals surface area contributed by atoms with E-state index in [1.54, 1.807) is 4.90 Å². The molecule has 0 amide bonds. The summed E-state index contributed by atoms with van der Waals surface area (Å²) in [6.07, 6.45) is -2.50. The molecule has 0 aliphatic carbocycles. The van der Waals surface area contributed by atoms with Crippen LogP contribution in [0.2, 0.25) is 0 Å². The summed E-state index contributed by atoms with van der Waals surface area (Å²) < 4.78 is 12.7. The Morgan fingerprint density at radius 1 is 1.38 bits per heavy atom. The molecule has 12 heteroatoms. The number of aliphatic hydroxyl groups excluding tert-OH is 3. The first-order valence-corrected chi connectivity index (χ1v) is 8.20. The molecule has 0 aromatic carbocycles. The number of morpholine rings is 1. The van der Waals surface area contributed by atoms with E-state index in [1.807, 2.05) is 0 Å². The minimum Gasteiger partial charge on any atom is -0.394 e. The highest BCUT2D eigenvalue weighted by atomic mass is 16.6. The fraction of sp³-hybridized carbons (Fsp3) is 0.643. The number of hydrogen-bond donors (Lipinski definition) is 5. The van der Waals surface area contributed by atoms with E-state index in [-0.39, 0.29) is 17.1 Å². The first-order valence-electron chi connectivity index (χ1n) is 8.20. The molecular formula is C14H20N6O6. The summed E-state index contributed by atoms with van der Waals surface area (Å²) >= 11 is 0. The fourth-order valence-corrected chi connectivity index (χ4v) is 3.59. The smallest absolute Gasteiger partial charge is 0.280 e. The first-order chi connectivity index (χ1) is 12.5. The molecule has 2 aromatic heterocycles. The van der Waals surface area contributed by atoms with Crippen molar-refractivity contribution in [1.82, 2.24) is 24.4 Å². The Labute approximate surface area is 146 Å². The molecule has 0 spiro atoms. The number of nitrogen functional groups attached to an aromatic ring is 1. The van der Waals surface area contributed by atoms with E-state index in [4.69, 9.17) is 15.2 Å². The van der Waals surface area contributed by atoms with Gasteiger partial charge in [0.2, 0.25) is 11.8 Å². The summed E-state index contributed by atoms with van der Waals surface area (Å²) in [4.78, 5) is 24.4. The highest BCUT2D eigenvalue weighted by molar-refractivity contribution is 5.70. The summed E-state index contributed by atoms with van der Waals surface area (Å²) in [6, 6.07) is 0. The summed E-state index contributed by atoms with van der Waals surface area (Å²) in [6.45, 7) is 1.06. The highest BCUT2D eigenvalue weighted by Gasteiger charge is 2.59. The lowest BCUT2D eigenvalue weighted by Crippen LogP contribution is -2.61. The van der Waals surface area contributed by atoms with Gasteiger partial charge in [0.25, 0.3) is 5.56 Å². The molecule has 0 bridgehead atoms. The Bertz CT molecular complexity index is 863. The molecule has 2 aromatic rings. The van der Waals surface area contributed by atoms with Crippen LogP contribution in [0.25, 0.3) is 11.2 Å². The van der Waals surface area contributed by atoms with Crippen molar-refractivity contribution < 1.29 is 24.8 Å². The van der Waals surface area contributed by atoms with Crippen molar-refractivity contribution in [3.63, 3.8) is 0 Å². The number of ether oxygens (including phenoxy) is 2. The lowest BCUT2D eigenvalue weighted by Gasteiger charge is -2.44. The summed E-state index contributed by atoms with van der Waals surface area (Å²) in [5.74, 6) is -1.73.